The van der Waals surface area contributed by atoms with Gasteiger partial charge in [-0.25, -0.2) is 4.98 Å². The van der Waals surface area contributed by atoms with Gasteiger partial charge in [0.1, 0.15) is 5.65 Å². The van der Waals surface area contributed by atoms with Crippen LogP contribution in [0.5, 0.6) is 0 Å². The number of hydrogen-bond acceptors (Lipinski definition) is 3. The van der Waals surface area contributed by atoms with Crippen LogP contribution in [-0.4, -0.2) is 40.5 Å². The van der Waals surface area contributed by atoms with Crippen molar-refractivity contribution in [3.05, 3.63) is 66.0 Å². The van der Waals surface area contributed by atoms with E-state index in [0.717, 1.165) is 27.7 Å². The number of rotatable bonds is 3. The fourth-order valence-corrected chi connectivity index (χ4v) is 3.68. The molecule has 132 valence electrons. The summed E-state index contributed by atoms with van der Waals surface area (Å²) < 4.78 is 5.62. The Morgan fingerprint density at radius 3 is 3.12 bits per heavy atom. The van der Waals surface area contributed by atoms with Crippen LogP contribution in [-0.2, 0) is 9.53 Å². The number of ether oxygens (including phenoxy) is 1. The van der Waals surface area contributed by atoms with Crippen LogP contribution in [0.4, 0.5) is 0 Å². The molecule has 0 radical (unpaired) electrons. The maximum absolute atomic E-state index is 12.2. The Morgan fingerprint density at radius 1 is 1.38 bits per heavy atom. The number of benzene rings is 1. The van der Waals surface area contributed by atoms with E-state index in [-0.39, 0.29) is 11.9 Å². The van der Waals surface area contributed by atoms with Crippen LogP contribution < -0.4 is 0 Å². The smallest absolute Gasteiger partial charge is 0.246 e. The molecule has 2 aromatic heterocycles. The number of aromatic nitrogens is 2. The molecule has 1 aliphatic rings. The lowest BCUT2D eigenvalue weighted by molar-refractivity contribution is -0.134. The molecule has 4 rings (SSSR count). The van der Waals surface area contributed by atoms with Crippen LogP contribution in [0, 0.1) is 0 Å². The van der Waals surface area contributed by atoms with Crippen molar-refractivity contribution in [1.29, 1.82) is 0 Å². The molecule has 5 nitrogen and oxygen atoms in total. The predicted molar refractivity (Wildman–Crippen MR) is 102 cm³/mol. The lowest BCUT2D eigenvalue weighted by Gasteiger charge is -2.35. The summed E-state index contributed by atoms with van der Waals surface area (Å²) >= 11 is 6.42. The van der Waals surface area contributed by atoms with Gasteiger partial charge in [0, 0.05) is 29.3 Å². The monoisotopic (exact) mass is 367 g/mol. The van der Waals surface area contributed by atoms with Crippen molar-refractivity contribution in [3.8, 4) is 11.1 Å². The quantitative estimate of drug-likeness (QED) is 0.712. The number of fused-ring (bicyclic) bond motifs is 1. The molecule has 1 aromatic carbocycles. The van der Waals surface area contributed by atoms with E-state index in [1.54, 1.807) is 11.1 Å². The first kappa shape index (κ1) is 16.8. The minimum atomic E-state index is -0.185. The average Bonchev–Trinajstić information content (AvgIpc) is 3.15. The SMILES string of the molecule is C=CC(=O)N1CCOC[C@H]1c1cc(Cl)cc(-c2ccnc3[nH]ccc23)c1. The number of carbonyl (C=O) groups excluding carboxylic acids is 1. The lowest BCUT2D eigenvalue weighted by Crippen LogP contribution is -2.42. The number of carbonyl (C=O) groups is 1. The van der Waals surface area contributed by atoms with Gasteiger partial charge in [-0.1, -0.05) is 18.2 Å². The summed E-state index contributed by atoms with van der Waals surface area (Å²) in [6.45, 7) is 5.11. The topological polar surface area (TPSA) is 58.2 Å². The Bertz CT molecular complexity index is 982. The Morgan fingerprint density at radius 2 is 2.27 bits per heavy atom. The Labute approximate surface area is 156 Å². The predicted octanol–water partition coefficient (Wildman–Crippen LogP) is 3.97. The molecule has 26 heavy (non-hydrogen) atoms. The third-order valence-electron chi connectivity index (χ3n) is 4.66. The van der Waals surface area contributed by atoms with E-state index in [9.17, 15) is 4.79 Å². The lowest BCUT2D eigenvalue weighted by atomic mass is 9.97. The van der Waals surface area contributed by atoms with Gasteiger partial charge in [0.05, 0.1) is 19.3 Å². The maximum atomic E-state index is 12.2. The summed E-state index contributed by atoms with van der Waals surface area (Å²) in [7, 11) is 0. The number of aromatic amines is 1. The highest BCUT2D eigenvalue weighted by atomic mass is 35.5. The Balaban J connectivity index is 1.80. The van der Waals surface area contributed by atoms with E-state index in [0.29, 0.717) is 24.8 Å². The highest BCUT2D eigenvalue weighted by Gasteiger charge is 2.28. The minimum absolute atomic E-state index is 0.100. The fraction of sp³-hybridized carbons (Fsp3) is 0.200. The van der Waals surface area contributed by atoms with Crippen molar-refractivity contribution in [2.45, 2.75) is 6.04 Å². The van der Waals surface area contributed by atoms with E-state index in [1.165, 1.54) is 6.08 Å². The molecule has 1 saturated heterocycles. The Kier molecular flexibility index (Phi) is 4.49. The number of hydrogen-bond donors (Lipinski definition) is 1. The third kappa shape index (κ3) is 3.00. The van der Waals surface area contributed by atoms with Gasteiger partial charge in [-0.3, -0.25) is 4.79 Å². The number of amides is 1. The zero-order valence-electron chi connectivity index (χ0n) is 14.1. The molecule has 3 aromatic rings. The second-order valence-corrected chi connectivity index (χ2v) is 6.63. The highest BCUT2D eigenvalue weighted by molar-refractivity contribution is 6.31. The number of H-pyrrole nitrogens is 1. The number of halogens is 1. The second kappa shape index (κ2) is 6.94. The molecule has 1 atom stereocenters. The number of morpholine rings is 1. The molecule has 0 saturated carbocycles. The summed E-state index contributed by atoms with van der Waals surface area (Å²) in [6, 6.07) is 9.66. The van der Waals surface area contributed by atoms with E-state index >= 15 is 0 Å². The number of nitrogens with zero attached hydrogens (tertiary/aromatic N) is 2. The van der Waals surface area contributed by atoms with Crippen molar-refractivity contribution in [1.82, 2.24) is 14.9 Å². The normalized spacial score (nSPS) is 17.4. The zero-order chi connectivity index (χ0) is 18.1. The molecule has 0 aliphatic carbocycles. The molecule has 3 heterocycles. The molecule has 6 heteroatoms. The van der Waals surface area contributed by atoms with Crippen LogP contribution in [0.15, 0.2) is 55.4 Å². The number of pyridine rings is 1. The van der Waals surface area contributed by atoms with Crippen molar-refractivity contribution in [2.75, 3.05) is 19.8 Å². The Hall–Kier alpha value is -2.63. The van der Waals surface area contributed by atoms with Gasteiger partial charge >= 0.3 is 0 Å². The molecular formula is C20H18ClN3O2. The van der Waals surface area contributed by atoms with Gasteiger partial charge in [-0.2, -0.15) is 0 Å². The van der Waals surface area contributed by atoms with Gasteiger partial charge < -0.3 is 14.6 Å². The molecule has 0 bridgehead atoms. The van der Waals surface area contributed by atoms with Gasteiger partial charge in [0.15, 0.2) is 0 Å². The first-order valence-corrected chi connectivity index (χ1v) is 8.79. The molecule has 1 amide bonds. The summed E-state index contributed by atoms with van der Waals surface area (Å²) in [4.78, 5) is 21.5. The van der Waals surface area contributed by atoms with Crippen LogP contribution in [0.3, 0.4) is 0 Å². The summed E-state index contributed by atoms with van der Waals surface area (Å²) in [5.74, 6) is -0.100. The molecule has 0 unspecified atom stereocenters. The highest BCUT2D eigenvalue weighted by Crippen LogP contribution is 2.34. The van der Waals surface area contributed by atoms with Gasteiger partial charge in [0.25, 0.3) is 0 Å². The zero-order valence-corrected chi connectivity index (χ0v) is 14.9. The van der Waals surface area contributed by atoms with Crippen molar-refractivity contribution < 1.29 is 9.53 Å². The summed E-state index contributed by atoms with van der Waals surface area (Å²) in [6.07, 6.45) is 4.98. The van der Waals surface area contributed by atoms with Crippen molar-refractivity contribution in [2.24, 2.45) is 0 Å². The standard InChI is InChI=1S/C20H18ClN3O2/c1-2-19(25)24-7-8-26-12-18(24)14-9-13(10-15(21)11-14)16-3-5-22-20-17(16)4-6-23-20/h2-6,9-11,18H,1,7-8,12H2,(H,22,23)/t18-/m0/s1. The minimum Gasteiger partial charge on any atom is -0.377 e. The molecule has 1 aliphatic heterocycles. The van der Waals surface area contributed by atoms with Crippen LogP contribution in [0.25, 0.3) is 22.2 Å². The van der Waals surface area contributed by atoms with E-state index < -0.39 is 0 Å². The fourth-order valence-electron chi connectivity index (χ4n) is 3.43. The second-order valence-electron chi connectivity index (χ2n) is 6.20. The van der Waals surface area contributed by atoms with Crippen molar-refractivity contribution >= 4 is 28.5 Å². The van der Waals surface area contributed by atoms with Gasteiger partial charge in [-0.05, 0) is 53.1 Å². The molecule has 1 fully saturated rings. The number of nitrogens with one attached hydrogen (secondary N) is 1. The van der Waals surface area contributed by atoms with Crippen LogP contribution in [0.2, 0.25) is 5.02 Å². The third-order valence-corrected chi connectivity index (χ3v) is 4.88. The van der Waals surface area contributed by atoms with Crippen molar-refractivity contribution in [3.63, 3.8) is 0 Å². The summed E-state index contributed by atoms with van der Waals surface area (Å²) in [5.41, 5.74) is 3.80. The van der Waals surface area contributed by atoms with E-state index in [2.05, 4.69) is 22.6 Å². The molecule has 1 N–H and O–H groups in total. The summed E-state index contributed by atoms with van der Waals surface area (Å²) in [5, 5.41) is 1.65. The largest absolute Gasteiger partial charge is 0.377 e. The van der Waals surface area contributed by atoms with Gasteiger partial charge in [-0.15, -0.1) is 0 Å². The molecule has 0 spiro atoms. The first-order valence-electron chi connectivity index (χ1n) is 8.41. The average molecular weight is 368 g/mol. The van der Waals surface area contributed by atoms with E-state index in [1.807, 2.05) is 30.5 Å². The van der Waals surface area contributed by atoms with Crippen LogP contribution in [0.1, 0.15) is 11.6 Å². The van der Waals surface area contributed by atoms with Gasteiger partial charge in [0.2, 0.25) is 5.91 Å². The molecular weight excluding hydrogens is 350 g/mol. The van der Waals surface area contributed by atoms with Crippen LogP contribution >= 0.6 is 11.6 Å². The maximum Gasteiger partial charge on any atom is 0.246 e. The first-order chi connectivity index (χ1) is 12.7. The van der Waals surface area contributed by atoms with E-state index in [4.69, 9.17) is 16.3 Å².